The average molecular weight is 295 g/mol. The molecule has 1 aliphatic rings. The number of anilines is 2. The fraction of sp³-hybridized carbons (Fsp3) is 0.368. The van der Waals surface area contributed by atoms with Gasteiger partial charge in [-0.1, -0.05) is 30.7 Å². The summed E-state index contributed by atoms with van der Waals surface area (Å²) in [5.41, 5.74) is 10.4. The largest absolute Gasteiger partial charge is 0.399 e. The fourth-order valence-electron chi connectivity index (χ4n) is 3.01. The molecule has 0 unspecified atom stereocenters. The second-order valence-corrected chi connectivity index (χ2v) is 6.13. The van der Waals surface area contributed by atoms with E-state index in [0.717, 1.165) is 24.5 Å². The van der Waals surface area contributed by atoms with Crippen LogP contribution < -0.4 is 11.1 Å². The van der Waals surface area contributed by atoms with Gasteiger partial charge in [-0.25, -0.2) is 0 Å². The van der Waals surface area contributed by atoms with Gasteiger partial charge in [-0.2, -0.15) is 0 Å². The lowest BCUT2D eigenvalue weighted by atomic mass is 10.1. The number of nitrogen functional groups attached to an aromatic ring is 1. The first kappa shape index (κ1) is 14.9. The number of hydrogen-bond acceptors (Lipinski definition) is 3. The normalized spacial score (nSPS) is 15.6. The summed E-state index contributed by atoms with van der Waals surface area (Å²) in [6.07, 6.45) is 4.09. The number of nitrogens with two attached hydrogens (primary N) is 1. The highest BCUT2D eigenvalue weighted by Crippen LogP contribution is 2.16. The van der Waals surface area contributed by atoms with Crippen molar-refractivity contribution in [3.05, 3.63) is 59.7 Å². The molecular weight excluding hydrogens is 270 g/mol. The summed E-state index contributed by atoms with van der Waals surface area (Å²) >= 11 is 0. The first-order valence-electron chi connectivity index (χ1n) is 8.19. The molecule has 0 radical (unpaired) electrons. The van der Waals surface area contributed by atoms with Gasteiger partial charge in [0.1, 0.15) is 0 Å². The van der Waals surface area contributed by atoms with Crippen LogP contribution >= 0.6 is 0 Å². The van der Waals surface area contributed by atoms with Crippen LogP contribution in [-0.4, -0.2) is 18.0 Å². The van der Waals surface area contributed by atoms with Crippen LogP contribution in [0.15, 0.2) is 48.5 Å². The summed E-state index contributed by atoms with van der Waals surface area (Å²) in [6, 6.07) is 16.8. The molecule has 2 aromatic rings. The highest BCUT2D eigenvalue weighted by atomic mass is 15.1. The Balaban J connectivity index is 1.52. The maximum absolute atomic E-state index is 5.80. The zero-order valence-electron chi connectivity index (χ0n) is 13.1. The first-order valence-corrected chi connectivity index (χ1v) is 8.19. The van der Waals surface area contributed by atoms with Gasteiger partial charge in [-0.15, -0.1) is 0 Å². The van der Waals surface area contributed by atoms with Crippen molar-refractivity contribution < 1.29 is 0 Å². The Labute approximate surface area is 133 Å². The lowest BCUT2D eigenvalue weighted by Gasteiger charge is -2.26. The van der Waals surface area contributed by atoms with Crippen LogP contribution in [0.2, 0.25) is 0 Å². The molecule has 0 spiro atoms. The van der Waals surface area contributed by atoms with Crippen LogP contribution in [0.4, 0.5) is 11.4 Å². The number of nitrogens with zero attached hydrogens (tertiary/aromatic N) is 1. The van der Waals surface area contributed by atoms with E-state index in [1.54, 1.807) is 0 Å². The lowest BCUT2D eigenvalue weighted by Crippen LogP contribution is -2.29. The van der Waals surface area contributed by atoms with Crippen molar-refractivity contribution in [3.63, 3.8) is 0 Å². The minimum Gasteiger partial charge on any atom is -0.399 e. The third-order valence-electron chi connectivity index (χ3n) is 4.26. The van der Waals surface area contributed by atoms with Crippen molar-refractivity contribution in [1.29, 1.82) is 0 Å². The molecule has 116 valence electrons. The Morgan fingerprint density at radius 1 is 0.909 bits per heavy atom. The van der Waals surface area contributed by atoms with Crippen molar-refractivity contribution in [2.45, 2.75) is 32.4 Å². The minimum atomic E-state index is 0.802. The zero-order valence-corrected chi connectivity index (χ0v) is 13.1. The highest BCUT2D eigenvalue weighted by molar-refractivity contribution is 5.47. The molecule has 22 heavy (non-hydrogen) atoms. The van der Waals surface area contributed by atoms with Gasteiger partial charge in [0.05, 0.1) is 0 Å². The van der Waals surface area contributed by atoms with E-state index in [0.29, 0.717) is 0 Å². The van der Waals surface area contributed by atoms with E-state index < -0.39 is 0 Å². The van der Waals surface area contributed by atoms with E-state index in [4.69, 9.17) is 5.73 Å². The third-order valence-corrected chi connectivity index (χ3v) is 4.26. The van der Waals surface area contributed by atoms with E-state index in [1.807, 2.05) is 18.2 Å². The van der Waals surface area contributed by atoms with E-state index in [1.165, 1.54) is 43.5 Å². The van der Waals surface area contributed by atoms with Crippen LogP contribution in [0.5, 0.6) is 0 Å². The van der Waals surface area contributed by atoms with Crippen molar-refractivity contribution in [3.8, 4) is 0 Å². The minimum absolute atomic E-state index is 0.802. The number of benzene rings is 2. The smallest absolute Gasteiger partial charge is 0.0401 e. The molecule has 0 aromatic heterocycles. The Kier molecular flexibility index (Phi) is 4.96. The van der Waals surface area contributed by atoms with Crippen molar-refractivity contribution >= 4 is 11.4 Å². The van der Waals surface area contributed by atoms with E-state index in [9.17, 15) is 0 Å². The molecule has 2 aromatic carbocycles. The van der Waals surface area contributed by atoms with Crippen molar-refractivity contribution in [2.24, 2.45) is 0 Å². The van der Waals surface area contributed by atoms with Crippen LogP contribution in [0.25, 0.3) is 0 Å². The van der Waals surface area contributed by atoms with Gasteiger partial charge in [-0.05, 0) is 61.3 Å². The standard InChI is InChI=1S/C19H25N3/c20-18-6-4-5-17(13-18)14-21-19-9-7-16(8-10-19)15-22-11-2-1-3-12-22/h4-10,13,21H,1-3,11-12,14-15,20H2. The molecule has 1 fully saturated rings. The number of piperidine rings is 1. The van der Waals surface area contributed by atoms with Gasteiger partial charge in [0.25, 0.3) is 0 Å². The lowest BCUT2D eigenvalue weighted by molar-refractivity contribution is 0.221. The molecule has 3 rings (SSSR count). The zero-order chi connectivity index (χ0) is 15.2. The SMILES string of the molecule is Nc1cccc(CNc2ccc(CN3CCCCC3)cc2)c1. The predicted octanol–water partition coefficient (Wildman–Crippen LogP) is 3.87. The summed E-state index contributed by atoms with van der Waals surface area (Å²) in [6.45, 7) is 4.37. The molecule has 0 amide bonds. The van der Waals surface area contributed by atoms with Crippen molar-refractivity contribution in [1.82, 2.24) is 4.90 Å². The number of nitrogens with one attached hydrogen (secondary N) is 1. The van der Waals surface area contributed by atoms with Crippen LogP contribution in [0.1, 0.15) is 30.4 Å². The monoisotopic (exact) mass is 295 g/mol. The molecule has 0 saturated carbocycles. The maximum Gasteiger partial charge on any atom is 0.0401 e. The van der Waals surface area contributed by atoms with Gasteiger partial charge in [0.15, 0.2) is 0 Å². The molecule has 0 aliphatic carbocycles. The fourth-order valence-corrected chi connectivity index (χ4v) is 3.01. The van der Waals surface area contributed by atoms with E-state index in [2.05, 4.69) is 40.5 Å². The van der Waals surface area contributed by atoms with Crippen LogP contribution in [0.3, 0.4) is 0 Å². The summed E-state index contributed by atoms with van der Waals surface area (Å²) in [5, 5.41) is 3.45. The molecule has 0 bridgehead atoms. The van der Waals surface area contributed by atoms with E-state index in [-0.39, 0.29) is 0 Å². The maximum atomic E-state index is 5.80. The average Bonchev–Trinajstić information content (AvgIpc) is 2.55. The Morgan fingerprint density at radius 3 is 2.41 bits per heavy atom. The number of rotatable bonds is 5. The Bertz CT molecular complexity index is 586. The molecule has 0 atom stereocenters. The van der Waals surface area contributed by atoms with Crippen LogP contribution in [0, 0.1) is 0 Å². The quantitative estimate of drug-likeness (QED) is 0.823. The molecule has 3 nitrogen and oxygen atoms in total. The predicted molar refractivity (Wildman–Crippen MR) is 93.8 cm³/mol. The second kappa shape index (κ2) is 7.32. The molecule has 3 heteroatoms. The summed E-state index contributed by atoms with van der Waals surface area (Å²) in [7, 11) is 0. The van der Waals surface area contributed by atoms with Gasteiger partial charge in [0, 0.05) is 24.5 Å². The summed E-state index contributed by atoms with van der Waals surface area (Å²) in [5.74, 6) is 0. The topological polar surface area (TPSA) is 41.3 Å². The van der Waals surface area contributed by atoms with Gasteiger partial charge >= 0.3 is 0 Å². The van der Waals surface area contributed by atoms with Gasteiger partial charge < -0.3 is 11.1 Å². The van der Waals surface area contributed by atoms with Gasteiger partial charge in [-0.3, -0.25) is 4.90 Å². The molecule has 1 saturated heterocycles. The Morgan fingerprint density at radius 2 is 1.68 bits per heavy atom. The second-order valence-electron chi connectivity index (χ2n) is 6.13. The third kappa shape index (κ3) is 4.25. The summed E-state index contributed by atoms with van der Waals surface area (Å²) in [4.78, 5) is 2.55. The van der Waals surface area contributed by atoms with Gasteiger partial charge in [0.2, 0.25) is 0 Å². The number of likely N-dealkylation sites (tertiary alicyclic amines) is 1. The van der Waals surface area contributed by atoms with E-state index >= 15 is 0 Å². The number of hydrogen-bond donors (Lipinski definition) is 2. The highest BCUT2D eigenvalue weighted by Gasteiger charge is 2.10. The Hall–Kier alpha value is -2.00. The van der Waals surface area contributed by atoms with Crippen molar-refractivity contribution in [2.75, 3.05) is 24.1 Å². The van der Waals surface area contributed by atoms with Crippen LogP contribution in [-0.2, 0) is 13.1 Å². The summed E-state index contributed by atoms with van der Waals surface area (Å²) < 4.78 is 0. The first-order chi connectivity index (χ1) is 10.8. The molecular formula is C19H25N3. The molecule has 1 heterocycles. The molecule has 1 aliphatic heterocycles. The molecule has 3 N–H and O–H groups in total.